The molecule has 0 aromatic rings. The van der Waals surface area contributed by atoms with Gasteiger partial charge in [0.25, 0.3) is 0 Å². The van der Waals surface area contributed by atoms with Crippen LogP contribution < -0.4 is 0 Å². The third-order valence-electron chi connectivity index (χ3n) is 3.49. The summed E-state index contributed by atoms with van der Waals surface area (Å²) in [5, 5.41) is 0. The van der Waals surface area contributed by atoms with Gasteiger partial charge in [0.2, 0.25) is 0 Å². The van der Waals surface area contributed by atoms with Crippen LogP contribution in [0.5, 0.6) is 0 Å². The first-order valence-electron chi connectivity index (χ1n) is 5.79. The minimum absolute atomic E-state index is 0.131. The number of halogens is 3. The molecule has 18 heavy (non-hydrogen) atoms. The number of ether oxygens (including phenoxy) is 3. The Hall–Kier alpha value is -0.820. The van der Waals surface area contributed by atoms with E-state index < -0.39 is 29.8 Å². The molecule has 0 aromatic heterocycles. The molecule has 104 valence electrons. The standard InChI is InChI=1S/C11H15F3O4/c1-16-9(15)7-4-8(11(12,13)14)6-10(5-7)17-2-3-18-10/h7-8H,2-6H2,1H3/t7-,8-/m0/s1. The summed E-state index contributed by atoms with van der Waals surface area (Å²) in [5.41, 5.74) is 0. The third-order valence-corrected chi connectivity index (χ3v) is 3.49. The van der Waals surface area contributed by atoms with E-state index in [1.54, 1.807) is 0 Å². The van der Waals surface area contributed by atoms with Crippen LogP contribution in [-0.2, 0) is 19.0 Å². The fourth-order valence-electron chi connectivity index (χ4n) is 2.67. The second-order valence-corrected chi connectivity index (χ2v) is 4.71. The predicted octanol–water partition coefficient (Wildman–Crippen LogP) is 1.88. The van der Waals surface area contributed by atoms with Gasteiger partial charge in [0, 0.05) is 12.8 Å². The maximum absolute atomic E-state index is 12.9. The largest absolute Gasteiger partial charge is 0.469 e. The molecule has 2 fully saturated rings. The molecular formula is C11H15F3O4. The van der Waals surface area contributed by atoms with Crippen LogP contribution in [0.2, 0.25) is 0 Å². The molecule has 1 aliphatic heterocycles. The van der Waals surface area contributed by atoms with Gasteiger partial charge in [-0.1, -0.05) is 0 Å². The second kappa shape index (κ2) is 4.70. The van der Waals surface area contributed by atoms with Crippen molar-refractivity contribution in [3.8, 4) is 0 Å². The SMILES string of the molecule is COC(=O)[C@H]1C[C@H](C(F)(F)F)CC2(C1)OCCO2. The van der Waals surface area contributed by atoms with Gasteiger partial charge in [0.1, 0.15) is 0 Å². The van der Waals surface area contributed by atoms with Gasteiger partial charge in [0.05, 0.1) is 32.2 Å². The highest BCUT2D eigenvalue weighted by atomic mass is 19.4. The minimum atomic E-state index is -4.35. The molecule has 7 heteroatoms. The molecule has 0 amide bonds. The average Bonchev–Trinajstić information content (AvgIpc) is 2.74. The summed E-state index contributed by atoms with van der Waals surface area (Å²) < 4.78 is 53.7. The molecule has 2 aliphatic rings. The van der Waals surface area contributed by atoms with Crippen molar-refractivity contribution in [3.63, 3.8) is 0 Å². The maximum Gasteiger partial charge on any atom is 0.392 e. The van der Waals surface area contributed by atoms with Crippen molar-refractivity contribution in [2.45, 2.75) is 31.2 Å². The highest BCUT2D eigenvalue weighted by molar-refractivity contribution is 5.72. The molecule has 0 radical (unpaired) electrons. The zero-order valence-corrected chi connectivity index (χ0v) is 9.96. The van der Waals surface area contributed by atoms with Crippen molar-refractivity contribution >= 4 is 5.97 Å². The Balaban J connectivity index is 2.18. The molecule has 1 saturated heterocycles. The highest BCUT2D eigenvalue weighted by Gasteiger charge is 2.54. The van der Waals surface area contributed by atoms with Gasteiger partial charge in [-0.25, -0.2) is 0 Å². The van der Waals surface area contributed by atoms with Crippen LogP contribution in [0.25, 0.3) is 0 Å². The van der Waals surface area contributed by atoms with Gasteiger partial charge < -0.3 is 14.2 Å². The molecule has 2 rings (SSSR count). The lowest BCUT2D eigenvalue weighted by atomic mass is 9.77. The zero-order valence-electron chi connectivity index (χ0n) is 9.96. The summed E-state index contributed by atoms with van der Waals surface area (Å²) in [6, 6.07) is 0. The Kier molecular flexibility index (Phi) is 3.55. The number of hydrogen-bond donors (Lipinski definition) is 0. The van der Waals surface area contributed by atoms with Gasteiger partial charge in [-0.05, 0) is 6.42 Å². The molecule has 0 N–H and O–H groups in total. The Bertz CT molecular complexity index is 323. The Morgan fingerprint density at radius 3 is 2.39 bits per heavy atom. The number of carbonyl (C=O) groups is 1. The van der Waals surface area contributed by atoms with E-state index in [0.717, 1.165) is 0 Å². The first-order chi connectivity index (χ1) is 8.36. The lowest BCUT2D eigenvalue weighted by molar-refractivity contribution is -0.253. The summed E-state index contributed by atoms with van der Waals surface area (Å²) in [5.74, 6) is -4.32. The first-order valence-corrected chi connectivity index (χ1v) is 5.79. The Labute approximate surface area is 102 Å². The van der Waals surface area contributed by atoms with Crippen molar-refractivity contribution in [2.75, 3.05) is 20.3 Å². The highest BCUT2D eigenvalue weighted by Crippen LogP contribution is 2.47. The second-order valence-electron chi connectivity index (χ2n) is 4.71. The number of hydrogen-bond acceptors (Lipinski definition) is 4. The normalized spacial score (nSPS) is 31.6. The average molecular weight is 268 g/mol. The molecule has 4 nitrogen and oxygen atoms in total. The smallest absolute Gasteiger partial charge is 0.392 e. The molecule has 1 saturated carbocycles. The molecular weight excluding hydrogens is 253 g/mol. The topological polar surface area (TPSA) is 44.8 Å². The monoisotopic (exact) mass is 268 g/mol. The summed E-state index contributed by atoms with van der Waals surface area (Å²) in [6.07, 6.45) is -4.73. The van der Waals surface area contributed by atoms with Crippen LogP contribution >= 0.6 is 0 Å². The van der Waals surface area contributed by atoms with E-state index in [0.29, 0.717) is 0 Å². The first kappa shape index (κ1) is 13.6. The van der Waals surface area contributed by atoms with E-state index in [1.807, 2.05) is 0 Å². The van der Waals surface area contributed by atoms with E-state index in [2.05, 4.69) is 4.74 Å². The van der Waals surface area contributed by atoms with Crippen LogP contribution in [0.15, 0.2) is 0 Å². The van der Waals surface area contributed by atoms with Crippen LogP contribution in [0, 0.1) is 11.8 Å². The molecule has 0 aromatic carbocycles. The van der Waals surface area contributed by atoms with Crippen molar-refractivity contribution < 1.29 is 32.2 Å². The maximum atomic E-state index is 12.9. The van der Waals surface area contributed by atoms with Crippen LogP contribution in [0.1, 0.15) is 19.3 Å². The van der Waals surface area contributed by atoms with Crippen molar-refractivity contribution in [2.24, 2.45) is 11.8 Å². The summed E-state index contributed by atoms with van der Waals surface area (Å²) in [7, 11) is 1.17. The Morgan fingerprint density at radius 1 is 1.28 bits per heavy atom. The molecule has 1 spiro atoms. The van der Waals surface area contributed by atoms with Crippen molar-refractivity contribution in [3.05, 3.63) is 0 Å². The van der Waals surface area contributed by atoms with Gasteiger partial charge in [-0.15, -0.1) is 0 Å². The third kappa shape index (κ3) is 2.61. The number of carbonyl (C=O) groups excluding carboxylic acids is 1. The molecule has 1 heterocycles. The quantitative estimate of drug-likeness (QED) is 0.681. The van der Waals surface area contributed by atoms with Gasteiger partial charge in [-0.2, -0.15) is 13.2 Å². The zero-order chi connectivity index (χ0) is 13.4. The molecule has 2 atom stereocenters. The number of rotatable bonds is 1. The minimum Gasteiger partial charge on any atom is -0.469 e. The van der Waals surface area contributed by atoms with Crippen molar-refractivity contribution in [1.82, 2.24) is 0 Å². The fourth-order valence-corrected chi connectivity index (χ4v) is 2.67. The fraction of sp³-hybridized carbons (Fsp3) is 0.909. The lowest BCUT2D eigenvalue weighted by Crippen LogP contribution is -2.46. The van der Waals surface area contributed by atoms with E-state index in [1.165, 1.54) is 7.11 Å². The van der Waals surface area contributed by atoms with E-state index in [-0.39, 0.29) is 32.5 Å². The van der Waals surface area contributed by atoms with Crippen LogP contribution in [0.4, 0.5) is 13.2 Å². The number of alkyl halides is 3. The van der Waals surface area contributed by atoms with Crippen molar-refractivity contribution in [1.29, 1.82) is 0 Å². The van der Waals surface area contributed by atoms with Crippen LogP contribution in [0.3, 0.4) is 0 Å². The van der Waals surface area contributed by atoms with Gasteiger partial charge in [-0.3, -0.25) is 4.79 Å². The molecule has 1 aliphatic carbocycles. The summed E-state index contributed by atoms with van der Waals surface area (Å²) in [6.45, 7) is 0.525. The van der Waals surface area contributed by atoms with Gasteiger partial charge in [0.15, 0.2) is 5.79 Å². The Morgan fingerprint density at radius 2 is 1.89 bits per heavy atom. The number of esters is 1. The molecule has 0 unspecified atom stereocenters. The molecule has 0 bridgehead atoms. The van der Waals surface area contributed by atoms with E-state index in [9.17, 15) is 18.0 Å². The van der Waals surface area contributed by atoms with E-state index >= 15 is 0 Å². The number of methoxy groups -OCH3 is 1. The van der Waals surface area contributed by atoms with Crippen LogP contribution in [-0.4, -0.2) is 38.3 Å². The summed E-state index contributed by atoms with van der Waals surface area (Å²) >= 11 is 0. The summed E-state index contributed by atoms with van der Waals surface area (Å²) in [4.78, 5) is 11.5. The lowest BCUT2D eigenvalue weighted by Gasteiger charge is -2.40. The van der Waals surface area contributed by atoms with Gasteiger partial charge >= 0.3 is 12.1 Å². The van der Waals surface area contributed by atoms with E-state index in [4.69, 9.17) is 9.47 Å². The predicted molar refractivity (Wildman–Crippen MR) is 53.5 cm³/mol.